The van der Waals surface area contributed by atoms with Crippen molar-refractivity contribution in [1.82, 2.24) is 9.78 Å². The van der Waals surface area contributed by atoms with Crippen molar-refractivity contribution in [2.45, 2.75) is 26.0 Å². The molecule has 0 spiro atoms. The summed E-state index contributed by atoms with van der Waals surface area (Å²) in [5.74, 6) is -0.210. The van der Waals surface area contributed by atoms with Crippen molar-refractivity contribution in [2.75, 3.05) is 5.01 Å². The van der Waals surface area contributed by atoms with Crippen LogP contribution in [0.15, 0.2) is 96.0 Å². The number of nitrogens with one attached hydrogen (secondary N) is 1. The lowest BCUT2D eigenvalue weighted by Gasteiger charge is -2.24. The zero-order chi connectivity index (χ0) is 24.9. The molecule has 2 N–H and O–H groups in total. The number of benzene rings is 2. The molecule has 0 radical (unpaired) electrons. The van der Waals surface area contributed by atoms with Crippen LogP contribution in [0, 0.1) is 12.1 Å². The molecule has 3 heterocycles. The number of para-hydroxylation sites is 2. The largest absolute Gasteiger partial charge is 0.386 e. The third kappa shape index (κ3) is 3.69. The van der Waals surface area contributed by atoms with Gasteiger partial charge >= 0.3 is 0 Å². The summed E-state index contributed by atoms with van der Waals surface area (Å²) in [6.45, 7) is 4.01. The fourth-order valence-corrected chi connectivity index (χ4v) is 4.71. The SMILES string of the molecule is CC(C)(O)c1ccccc1N1N=C2C(=C[NH+](Cc3c#cc(-n4cccn4)cc3)c3ccccc32)C1=O. The summed E-state index contributed by atoms with van der Waals surface area (Å²) in [5.41, 5.74) is 5.02. The Bertz CT molecular complexity index is 1510. The van der Waals surface area contributed by atoms with Gasteiger partial charge in [0.2, 0.25) is 0 Å². The zero-order valence-corrected chi connectivity index (χ0v) is 19.9. The topological polar surface area (TPSA) is 75.2 Å². The van der Waals surface area contributed by atoms with Crippen LogP contribution in [-0.4, -0.2) is 26.5 Å². The van der Waals surface area contributed by atoms with Crippen LogP contribution in [0.1, 0.15) is 30.5 Å². The molecule has 36 heavy (non-hydrogen) atoms. The van der Waals surface area contributed by atoms with Crippen LogP contribution in [0.2, 0.25) is 0 Å². The maximum atomic E-state index is 13.6. The number of hydrogen-bond acceptors (Lipinski definition) is 4. The van der Waals surface area contributed by atoms with Gasteiger partial charge in [-0.05, 0) is 50.2 Å². The molecule has 176 valence electrons. The van der Waals surface area contributed by atoms with E-state index in [4.69, 9.17) is 5.10 Å². The summed E-state index contributed by atoms with van der Waals surface area (Å²) in [6.07, 6.45) is 5.53. The molecule has 0 saturated carbocycles. The Labute approximate surface area is 209 Å². The molecule has 0 fully saturated rings. The van der Waals surface area contributed by atoms with Gasteiger partial charge in [0.25, 0.3) is 5.91 Å². The first kappa shape index (κ1) is 22.0. The van der Waals surface area contributed by atoms with Crippen molar-refractivity contribution in [3.05, 3.63) is 120 Å². The molecule has 0 aliphatic carbocycles. The van der Waals surface area contributed by atoms with E-state index in [1.807, 2.05) is 73.1 Å². The molecule has 0 bridgehead atoms. The van der Waals surface area contributed by atoms with Gasteiger partial charge in [-0.3, -0.25) is 9.69 Å². The summed E-state index contributed by atoms with van der Waals surface area (Å²) >= 11 is 0. The minimum Gasteiger partial charge on any atom is -0.386 e. The predicted octanol–water partition coefficient (Wildman–Crippen LogP) is 3.07. The summed E-state index contributed by atoms with van der Waals surface area (Å²) in [5, 5.41) is 21.1. The second-order valence-electron chi connectivity index (χ2n) is 9.39. The van der Waals surface area contributed by atoms with E-state index >= 15 is 0 Å². The summed E-state index contributed by atoms with van der Waals surface area (Å²) in [4.78, 5) is 14.6. The van der Waals surface area contributed by atoms with Crippen LogP contribution >= 0.6 is 0 Å². The van der Waals surface area contributed by atoms with Gasteiger partial charge in [0.15, 0.2) is 0 Å². The average molecular weight is 475 g/mol. The summed E-state index contributed by atoms with van der Waals surface area (Å²) < 4.78 is 1.74. The molecule has 1 atom stereocenters. The Morgan fingerprint density at radius 3 is 2.56 bits per heavy atom. The molecule has 1 amide bonds. The van der Waals surface area contributed by atoms with Crippen LogP contribution in [0.4, 0.5) is 11.4 Å². The first-order chi connectivity index (χ1) is 17.4. The first-order valence-corrected chi connectivity index (χ1v) is 11.8. The van der Waals surface area contributed by atoms with Gasteiger partial charge in [-0.15, -0.1) is 0 Å². The number of aromatic nitrogens is 2. The number of rotatable bonds is 5. The number of fused-ring (bicyclic) bond motifs is 3. The standard InChI is InChI=1S/C29H23N5O2/c1-29(2,36)24-9-4-6-11-26(24)34-28(35)23-19-32(25-10-5-3-8-22(25)27(23)31-34)18-20-12-14-21(15-13-20)33-17-7-16-30-33/h3-12,14,16-17,19,36H,18H2,1-2H3/p+1. The van der Waals surface area contributed by atoms with Gasteiger partial charge in [-0.25, -0.2) is 4.68 Å². The Morgan fingerprint density at radius 2 is 1.81 bits per heavy atom. The number of quaternary nitrogens is 1. The maximum Gasteiger partial charge on any atom is 0.286 e. The van der Waals surface area contributed by atoms with Crippen LogP contribution in [0.5, 0.6) is 0 Å². The van der Waals surface area contributed by atoms with Crippen LogP contribution < -0.4 is 9.91 Å². The minimum absolute atomic E-state index is 0.210. The van der Waals surface area contributed by atoms with Crippen molar-refractivity contribution < 1.29 is 14.8 Å². The van der Waals surface area contributed by atoms with E-state index < -0.39 is 5.60 Å². The number of hydrazone groups is 1. The normalized spacial score (nSPS) is 16.7. The van der Waals surface area contributed by atoms with Crippen LogP contribution in [0.25, 0.3) is 5.69 Å². The van der Waals surface area contributed by atoms with E-state index in [1.165, 1.54) is 5.01 Å². The number of nitrogens with zero attached hydrogens (tertiary/aromatic N) is 4. The second kappa shape index (κ2) is 8.31. The lowest BCUT2D eigenvalue weighted by Crippen LogP contribution is -3.02. The van der Waals surface area contributed by atoms with E-state index in [9.17, 15) is 9.90 Å². The van der Waals surface area contributed by atoms with E-state index in [-0.39, 0.29) is 5.91 Å². The zero-order valence-electron chi connectivity index (χ0n) is 19.9. The molecule has 7 heteroatoms. The molecule has 3 aromatic carbocycles. The van der Waals surface area contributed by atoms with E-state index in [2.05, 4.69) is 23.3 Å². The minimum atomic E-state index is -1.12. The third-order valence-electron chi connectivity index (χ3n) is 6.44. The Morgan fingerprint density at radius 1 is 1.00 bits per heavy atom. The second-order valence-corrected chi connectivity index (χ2v) is 9.39. The molecule has 1 unspecified atom stereocenters. The van der Waals surface area contributed by atoms with Crippen molar-refractivity contribution in [3.8, 4) is 5.69 Å². The van der Waals surface area contributed by atoms with Gasteiger partial charge in [0.05, 0.1) is 22.4 Å². The van der Waals surface area contributed by atoms with Crippen LogP contribution in [0.3, 0.4) is 0 Å². The fourth-order valence-electron chi connectivity index (χ4n) is 4.71. The number of carbonyl (C=O) groups excluding carboxylic acids is 1. The van der Waals surface area contributed by atoms with Crippen molar-refractivity contribution in [3.63, 3.8) is 0 Å². The number of amides is 1. The van der Waals surface area contributed by atoms with Gasteiger partial charge in [-0.1, -0.05) is 36.4 Å². The number of anilines is 1. The molecule has 6 rings (SSSR count). The Hall–Kier alpha value is -4.51. The summed E-state index contributed by atoms with van der Waals surface area (Å²) in [7, 11) is 0. The summed E-state index contributed by atoms with van der Waals surface area (Å²) in [6, 6.07) is 27.6. The average Bonchev–Trinajstić information content (AvgIpc) is 3.53. The lowest BCUT2D eigenvalue weighted by atomic mass is 9.95. The molecule has 2 aliphatic heterocycles. The fraction of sp³-hybridized carbons (Fsp3) is 0.138. The predicted molar refractivity (Wildman–Crippen MR) is 136 cm³/mol. The third-order valence-corrected chi connectivity index (χ3v) is 6.44. The highest BCUT2D eigenvalue weighted by molar-refractivity contribution is 6.36. The van der Waals surface area contributed by atoms with E-state index in [1.54, 1.807) is 24.7 Å². The van der Waals surface area contributed by atoms with Crippen molar-refractivity contribution >= 4 is 23.0 Å². The van der Waals surface area contributed by atoms with Gasteiger partial charge in [0, 0.05) is 24.0 Å². The molecule has 4 aromatic rings. The highest BCUT2D eigenvalue weighted by atomic mass is 16.3. The highest BCUT2D eigenvalue weighted by Crippen LogP contribution is 2.35. The van der Waals surface area contributed by atoms with E-state index in [0.717, 1.165) is 27.4 Å². The number of hydrogen-bond donors (Lipinski definition) is 2. The quantitative estimate of drug-likeness (QED) is 0.467. The first-order valence-electron chi connectivity index (χ1n) is 11.8. The van der Waals surface area contributed by atoms with Crippen molar-refractivity contribution in [1.29, 1.82) is 0 Å². The molecule has 7 nitrogen and oxygen atoms in total. The van der Waals surface area contributed by atoms with E-state index in [0.29, 0.717) is 29.1 Å². The Balaban J connectivity index is 1.37. The van der Waals surface area contributed by atoms with Gasteiger partial charge in [-0.2, -0.15) is 15.2 Å². The molecule has 1 aromatic heterocycles. The smallest absolute Gasteiger partial charge is 0.286 e. The van der Waals surface area contributed by atoms with Gasteiger partial charge < -0.3 is 5.11 Å². The monoisotopic (exact) mass is 474 g/mol. The van der Waals surface area contributed by atoms with Crippen molar-refractivity contribution in [2.24, 2.45) is 5.10 Å². The molecule has 0 saturated heterocycles. The van der Waals surface area contributed by atoms with Gasteiger partial charge in [0.1, 0.15) is 35.4 Å². The lowest BCUT2D eigenvalue weighted by molar-refractivity contribution is -0.791. The maximum absolute atomic E-state index is 13.6. The molecular formula is C29H24N5O2+. The Kier molecular flexibility index (Phi) is 5.07. The van der Waals surface area contributed by atoms with Crippen LogP contribution in [-0.2, 0) is 16.9 Å². The number of aliphatic hydroxyl groups is 1. The number of carbonyl (C=O) groups is 1. The molecule has 2 aliphatic rings. The highest BCUT2D eigenvalue weighted by Gasteiger charge is 2.41. The molecular weight excluding hydrogens is 450 g/mol.